The van der Waals surface area contributed by atoms with Crippen molar-refractivity contribution in [2.24, 2.45) is 0 Å². The monoisotopic (exact) mass is 482 g/mol. The molecule has 0 aliphatic rings. The largest absolute Gasteiger partial charge is 0.489 e. The first kappa shape index (κ1) is 23.4. The third-order valence-corrected chi connectivity index (χ3v) is 6.23. The van der Waals surface area contributed by atoms with Crippen LogP contribution in [0, 0.1) is 28.7 Å². The molecule has 0 N–H and O–H groups in total. The highest BCUT2D eigenvalue weighted by Crippen LogP contribution is 2.36. The first-order chi connectivity index (χ1) is 16.4. The van der Waals surface area contributed by atoms with Crippen molar-refractivity contribution in [3.63, 3.8) is 0 Å². The van der Waals surface area contributed by atoms with Crippen LogP contribution in [-0.4, -0.2) is 26.2 Å². The first-order valence-corrected chi connectivity index (χ1v) is 11.2. The van der Waals surface area contributed by atoms with Crippen LogP contribution in [0.4, 0.5) is 8.78 Å². The highest BCUT2D eigenvalue weighted by Gasteiger charge is 2.24. The fourth-order valence-electron chi connectivity index (χ4n) is 3.34. The molecule has 0 aliphatic heterocycles. The highest BCUT2D eigenvalue weighted by molar-refractivity contribution is 7.99. The van der Waals surface area contributed by atoms with Crippen LogP contribution in [-0.2, 0) is 6.61 Å². The Bertz CT molecular complexity index is 1280. The van der Waals surface area contributed by atoms with E-state index in [-0.39, 0.29) is 29.7 Å². The molecule has 0 unspecified atom stereocenters. The van der Waals surface area contributed by atoms with Gasteiger partial charge in [0, 0.05) is 16.2 Å². The number of ether oxygens (including phenoxy) is 1. The maximum Gasteiger partial charge on any atom is 0.220 e. The molecule has 1 aromatic heterocycles. The van der Waals surface area contributed by atoms with E-state index in [1.165, 1.54) is 30.0 Å². The number of thioether (sulfide) groups is 1. The zero-order valence-electron chi connectivity index (χ0n) is 18.1. The summed E-state index contributed by atoms with van der Waals surface area (Å²) in [5.74, 6) is 0.377. The number of benzene rings is 3. The Balaban J connectivity index is 1.53. The molecule has 0 amide bonds. The number of aryl methyl sites for hydroxylation is 1. The fraction of sp³-hybridized carbons (Fsp3) is 0.167. The third-order valence-electron chi connectivity index (χ3n) is 5.05. The number of aromatic nitrogens is 3. The van der Waals surface area contributed by atoms with Crippen molar-refractivity contribution in [1.29, 1.82) is 0 Å². The smallest absolute Gasteiger partial charge is 0.220 e. The van der Waals surface area contributed by atoms with Crippen molar-refractivity contribution in [2.45, 2.75) is 23.9 Å². The van der Waals surface area contributed by atoms with E-state index in [0.29, 0.717) is 33.5 Å². The van der Waals surface area contributed by atoms with Gasteiger partial charge in [-0.05, 0) is 55.0 Å². The SMILES string of the molecule is Cc1nnc(S[C@@H](C[N+](=O)[O-])c2ccc(OCc3ccccc3F)cc2)n1-c1ccc(F)cc1. The van der Waals surface area contributed by atoms with E-state index in [0.717, 1.165) is 0 Å². The van der Waals surface area contributed by atoms with Gasteiger partial charge in [0.15, 0.2) is 5.16 Å². The average molecular weight is 483 g/mol. The molecule has 0 aliphatic carbocycles. The molecule has 34 heavy (non-hydrogen) atoms. The molecule has 0 bridgehead atoms. The second kappa shape index (κ2) is 10.4. The van der Waals surface area contributed by atoms with Crippen LogP contribution in [0.1, 0.15) is 22.2 Å². The van der Waals surface area contributed by atoms with Crippen molar-refractivity contribution in [3.8, 4) is 11.4 Å². The van der Waals surface area contributed by atoms with Gasteiger partial charge in [0.2, 0.25) is 6.54 Å². The minimum absolute atomic E-state index is 0.0686. The van der Waals surface area contributed by atoms with E-state index in [9.17, 15) is 18.9 Å². The maximum absolute atomic E-state index is 13.8. The van der Waals surface area contributed by atoms with Gasteiger partial charge in [-0.1, -0.05) is 42.1 Å². The molecule has 1 heterocycles. The van der Waals surface area contributed by atoms with Crippen molar-refractivity contribution in [1.82, 2.24) is 14.8 Å². The molecule has 0 saturated carbocycles. The Labute approximate surface area is 198 Å². The summed E-state index contributed by atoms with van der Waals surface area (Å²) >= 11 is 1.20. The zero-order valence-corrected chi connectivity index (χ0v) is 18.9. The predicted octanol–water partition coefficient (Wildman–Crippen LogP) is 5.54. The van der Waals surface area contributed by atoms with Gasteiger partial charge in [-0.3, -0.25) is 14.7 Å². The van der Waals surface area contributed by atoms with Gasteiger partial charge in [-0.2, -0.15) is 0 Å². The van der Waals surface area contributed by atoms with E-state index >= 15 is 0 Å². The van der Waals surface area contributed by atoms with E-state index in [4.69, 9.17) is 4.74 Å². The van der Waals surface area contributed by atoms with E-state index in [1.807, 2.05) is 0 Å². The molecule has 0 radical (unpaired) electrons. The van der Waals surface area contributed by atoms with Crippen LogP contribution >= 0.6 is 11.8 Å². The van der Waals surface area contributed by atoms with Crippen molar-refractivity contribution >= 4 is 11.8 Å². The summed E-state index contributed by atoms with van der Waals surface area (Å²) in [4.78, 5) is 11.0. The summed E-state index contributed by atoms with van der Waals surface area (Å²) in [5.41, 5.74) is 1.79. The number of nitro groups is 1. The lowest BCUT2D eigenvalue weighted by Gasteiger charge is -2.15. The second-order valence-corrected chi connectivity index (χ2v) is 8.58. The van der Waals surface area contributed by atoms with Crippen LogP contribution in [0.15, 0.2) is 78.0 Å². The van der Waals surface area contributed by atoms with Gasteiger partial charge in [-0.15, -0.1) is 10.2 Å². The Morgan fingerprint density at radius 3 is 2.41 bits per heavy atom. The molecule has 3 aromatic carbocycles. The number of hydrogen-bond acceptors (Lipinski definition) is 6. The number of nitrogens with zero attached hydrogens (tertiary/aromatic N) is 4. The van der Waals surface area contributed by atoms with Crippen LogP contribution in [0.3, 0.4) is 0 Å². The number of halogens is 2. The minimum atomic E-state index is -0.557. The van der Waals surface area contributed by atoms with Gasteiger partial charge in [0.1, 0.15) is 35.1 Å². The average Bonchev–Trinajstić information content (AvgIpc) is 3.18. The topological polar surface area (TPSA) is 83.1 Å². The lowest BCUT2D eigenvalue weighted by molar-refractivity contribution is -0.479. The number of rotatable bonds is 9. The van der Waals surface area contributed by atoms with Gasteiger partial charge in [0.05, 0.1) is 0 Å². The van der Waals surface area contributed by atoms with Gasteiger partial charge < -0.3 is 4.74 Å². The molecule has 174 valence electrons. The van der Waals surface area contributed by atoms with E-state index in [1.54, 1.807) is 66.1 Å². The van der Waals surface area contributed by atoms with Gasteiger partial charge >= 0.3 is 0 Å². The standard InChI is InChI=1S/C24H20F2N4O3S/c1-16-27-28-24(30(16)20-10-8-19(25)9-11-20)34-23(14-29(31)32)17-6-12-21(13-7-17)33-15-18-4-2-3-5-22(18)26/h2-13,23H,14-15H2,1H3/t23-/m0/s1. The van der Waals surface area contributed by atoms with Gasteiger partial charge in [0.25, 0.3) is 0 Å². The summed E-state index contributed by atoms with van der Waals surface area (Å²) < 4.78 is 34.5. The van der Waals surface area contributed by atoms with Crippen molar-refractivity contribution < 1.29 is 18.4 Å². The summed E-state index contributed by atoms with van der Waals surface area (Å²) in [6.07, 6.45) is 0. The molecule has 4 aromatic rings. The second-order valence-electron chi connectivity index (χ2n) is 7.41. The summed E-state index contributed by atoms with van der Waals surface area (Å²) in [6, 6.07) is 19.1. The van der Waals surface area contributed by atoms with Crippen molar-refractivity contribution in [2.75, 3.05) is 6.54 Å². The molecular formula is C24H20F2N4O3S. The van der Waals surface area contributed by atoms with Crippen LogP contribution in [0.2, 0.25) is 0 Å². The summed E-state index contributed by atoms with van der Waals surface area (Å²) in [5, 5.41) is 19.5. The summed E-state index contributed by atoms with van der Waals surface area (Å²) in [6.45, 7) is 1.49. The lowest BCUT2D eigenvalue weighted by atomic mass is 10.1. The van der Waals surface area contributed by atoms with E-state index < -0.39 is 5.25 Å². The Morgan fingerprint density at radius 2 is 1.74 bits per heavy atom. The Hall–Kier alpha value is -3.79. The Kier molecular flexibility index (Phi) is 7.17. The van der Waals surface area contributed by atoms with Crippen molar-refractivity contribution in [3.05, 3.63) is 111 Å². The van der Waals surface area contributed by atoms with E-state index in [2.05, 4.69) is 10.2 Å². The molecular weight excluding hydrogens is 462 g/mol. The molecule has 0 fully saturated rings. The van der Waals surface area contributed by atoms with Crippen LogP contribution in [0.5, 0.6) is 5.75 Å². The minimum Gasteiger partial charge on any atom is -0.489 e. The van der Waals surface area contributed by atoms with Crippen LogP contribution in [0.25, 0.3) is 5.69 Å². The molecule has 0 spiro atoms. The van der Waals surface area contributed by atoms with Crippen LogP contribution < -0.4 is 4.74 Å². The molecule has 10 heteroatoms. The Morgan fingerprint density at radius 1 is 1.03 bits per heavy atom. The summed E-state index contributed by atoms with van der Waals surface area (Å²) in [7, 11) is 0. The molecule has 4 rings (SSSR count). The zero-order chi connectivity index (χ0) is 24.1. The predicted molar refractivity (Wildman–Crippen MR) is 124 cm³/mol. The molecule has 0 saturated heterocycles. The van der Waals surface area contributed by atoms with Gasteiger partial charge in [-0.25, -0.2) is 8.78 Å². The normalized spacial score (nSPS) is 11.9. The fourth-order valence-corrected chi connectivity index (χ4v) is 4.51. The number of hydrogen-bond donors (Lipinski definition) is 0. The quantitative estimate of drug-likeness (QED) is 0.177. The molecule has 7 nitrogen and oxygen atoms in total. The first-order valence-electron chi connectivity index (χ1n) is 10.3. The lowest BCUT2D eigenvalue weighted by Crippen LogP contribution is -2.11. The maximum atomic E-state index is 13.8. The molecule has 1 atom stereocenters. The highest BCUT2D eigenvalue weighted by atomic mass is 32.2. The third kappa shape index (κ3) is 5.57.